The van der Waals surface area contributed by atoms with Crippen LogP contribution in [0.25, 0.3) is 0 Å². The number of ether oxygens (including phenoxy) is 2. The van der Waals surface area contributed by atoms with Crippen LogP contribution in [0.5, 0.6) is 11.5 Å². The summed E-state index contributed by atoms with van der Waals surface area (Å²) in [6, 6.07) is 11.3. The number of carbonyl (C=O) groups is 1. The fraction of sp³-hybridized carbons (Fsp3) is 0.150. The molecular formula is C20H17FN4O3. The van der Waals surface area contributed by atoms with E-state index in [1.165, 1.54) is 24.5 Å². The van der Waals surface area contributed by atoms with Crippen molar-refractivity contribution in [1.29, 1.82) is 0 Å². The Morgan fingerprint density at radius 1 is 1.00 bits per heavy atom. The van der Waals surface area contributed by atoms with Crippen LogP contribution in [0.2, 0.25) is 0 Å². The molecule has 28 heavy (non-hydrogen) atoms. The minimum absolute atomic E-state index is 0.284. The maximum atomic E-state index is 12.9. The molecule has 0 spiro atoms. The van der Waals surface area contributed by atoms with Gasteiger partial charge in [-0.05, 0) is 29.8 Å². The molecule has 0 radical (unpaired) electrons. The topological polar surface area (TPSA) is 85.4 Å². The lowest BCUT2D eigenvalue weighted by Gasteiger charge is -2.19. The van der Waals surface area contributed by atoms with E-state index in [4.69, 9.17) is 9.47 Å². The molecule has 8 heteroatoms. The summed E-state index contributed by atoms with van der Waals surface area (Å²) < 4.78 is 23.9. The first-order valence-electron chi connectivity index (χ1n) is 8.69. The molecule has 1 amide bonds. The Kier molecular flexibility index (Phi) is 5.01. The number of halogens is 1. The van der Waals surface area contributed by atoms with Crippen LogP contribution in [0, 0.1) is 5.82 Å². The van der Waals surface area contributed by atoms with Crippen molar-refractivity contribution in [2.24, 2.45) is 0 Å². The first kappa shape index (κ1) is 17.7. The Labute approximate surface area is 160 Å². The molecule has 0 bridgehead atoms. The van der Waals surface area contributed by atoms with Crippen LogP contribution in [0.15, 0.2) is 54.9 Å². The molecule has 2 N–H and O–H groups in total. The van der Waals surface area contributed by atoms with Gasteiger partial charge in [-0.25, -0.2) is 14.4 Å². The van der Waals surface area contributed by atoms with Crippen molar-refractivity contribution in [3.8, 4) is 11.5 Å². The zero-order valence-electron chi connectivity index (χ0n) is 14.8. The van der Waals surface area contributed by atoms with Gasteiger partial charge in [0.2, 0.25) is 5.95 Å². The lowest BCUT2D eigenvalue weighted by Crippen LogP contribution is -2.16. The van der Waals surface area contributed by atoms with Crippen LogP contribution in [-0.2, 0) is 6.54 Å². The maximum absolute atomic E-state index is 12.9. The van der Waals surface area contributed by atoms with Gasteiger partial charge >= 0.3 is 0 Å². The fourth-order valence-electron chi connectivity index (χ4n) is 2.64. The molecule has 0 saturated heterocycles. The molecule has 1 aromatic heterocycles. The van der Waals surface area contributed by atoms with E-state index >= 15 is 0 Å². The van der Waals surface area contributed by atoms with E-state index in [1.54, 1.807) is 30.3 Å². The first-order valence-corrected chi connectivity index (χ1v) is 8.69. The average Bonchev–Trinajstić information content (AvgIpc) is 2.73. The molecule has 7 nitrogen and oxygen atoms in total. The lowest BCUT2D eigenvalue weighted by molar-refractivity contribution is 0.102. The number of benzene rings is 2. The highest BCUT2D eigenvalue weighted by Crippen LogP contribution is 2.32. The van der Waals surface area contributed by atoms with Gasteiger partial charge in [0, 0.05) is 30.7 Å². The van der Waals surface area contributed by atoms with E-state index in [0.29, 0.717) is 48.5 Å². The number of nitrogens with one attached hydrogen (secondary N) is 2. The third kappa shape index (κ3) is 4.17. The van der Waals surface area contributed by atoms with Crippen molar-refractivity contribution >= 4 is 17.5 Å². The molecule has 0 unspecified atom stereocenters. The van der Waals surface area contributed by atoms with Crippen molar-refractivity contribution in [1.82, 2.24) is 9.97 Å². The van der Waals surface area contributed by atoms with Crippen molar-refractivity contribution < 1.29 is 18.7 Å². The van der Waals surface area contributed by atoms with Gasteiger partial charge in [-0.15, -0.1) is 0 Å². The number of nitrogens with zero attached hydrogens (tertiary/aromatic N) is 2. The minimum Gasteiger partial charge on any atom is -0.486 e. The SMILES string of the molecule is O=C(Nc1ccc2c(c1)OCCO2)c1cnc(NCc2ccc(F)cc2)nc1. The van der Waals surface area contributed by atoms with Crippen LogP contribution in [0.1, 0.15) is 15.9 Å². The monoisotopic (exact) mass is 380 g/mol. The largest absolute Gasteiger partial charge is 0.486 e. The highest BCUT2D eigenvalue weighted by atomic mass is 19.1. The van der Waals surface area contributed by atoms with Crippen LogP contribution in [-0.4, -0.2) is 29.1 Å². The van der Waals surface area contributed by atoms with Crippen LogP contribution in [0.4, 0.5) is 16.0 Å². The predicted octanol–water partition coefficient (Wildman–Crippen LogP) is 3.25. The van der Waals surface area contributed by atoms with Crippen molar-refractivity contribution in [3.05, 3.63) is 71.8 Å². The Morgan fingerprint density at radius 3 is 2.46 bits per heavy atom. The molecule has 1 aliphatic heterocycles. The zero-order chi connectivity index (χ0) is 19.3. The summed E-state index contributed by atoms with van der Waals surface area (Å²) in [4.78, 5) is 20.7. The Balaban J connectivity index is 1.36. The van der Waals surface area contributed by atoms with Crippen LogP contribution in [0.3, 0.4) is 0 Å². The lowest BCUT2D eigenvalue weighted by atomic mass is 10.2. The second kappa shape index (κ2) is 7.91. The van der Waals surface area contributed by atoms with Gasteiger partial charge in [-0.3, -0.25) is 4.79 Å². The van der Waals surface area contributed by atoms with Gasteiger partial charge in [0.25, 0.3) is 5.91 Å². The smallest absolute Gasteiger partial charge is 0.258 e. The second-order valence-corrected chi connectivity index (χ2v) is 6.09. The minimum atomic E-state index is -0.332. The van der Waals surface area contributed by atoms with E-state index in [9.17, 15) is 9.18 Å². The predicted molar refractivity (Wildman–Crippen MR) is 101 cm³/mol. The normalized spacial score (nSPS) is 12.3. The van der Waals surface area contributed by atoms with Crippen molar-refractivity contribution in [2.75, 3.05) is 23.8 Å². The summed E-state index contributed by atoms with van der Waals surface area (Å²) in [5.41, 5.74) is 1.81. The van der Waals surface area contributed by atoms with Crippen LogP contribution < -0.4 is 20.1 Å². The molecule has 2 heterocycles. The van der Waals surface area contributed by atoms with E-state index in [1.807, 2.05) is 0 Å². The summed E-state index contributed by atoms with van der Waals surface area (Å²) in [5, 5.41) is 5.80. The number of aromatic nitrogens is 2. The molecule has 0 atom stereocenters. The first-order chi connectivity index (χ1) is 13.7. The number of fused-ring (bicyclic) bond motifs is 1. The third-order valence-electron chi connectivity index (χ3n) is 4.08. The van der Waals surface area contributed by atoms with Gasteiger partial charge in [0.05, 0.1) is 5.56 Å². The zero-order valence-corrected chi connectivity index (χ0v) is 14.8. The van der Waals surface area contributed by atoms with Gasteiger partial charge in [-0.2, -0.15) is 0 Å². The summed E-state index contributed by atoms with van der Waals surface area (Å²) >= 11 is 0. The van der Waals surface area contributed by atoms with Crippen molar-refractivity contribution in [3.63, 3.8) is 0 Å². The second-order valence-electron chi connectivity index (χ2n) is 6.09. The number of anilines is 2. The number of rotatable bonds is 5. The molecule has 142 valence electrons. The molecule has 3 aromatic rings. The van der Waals surface area contributed by atoms with Gasteiger partial charge in [-0.1, -0.05) is 12.1 Å². The van der Waals surface area contributed by atoms with E-state index < -0.39 is 0 Å². The molecular weight excluding hydrogens is 363 g/mol. The molecule has 2 aromatic carbocycles. The summed E-state index contributed by atoms with van der Waals surface area (Å²) in [7, 11) is 0. The number of carbonyl (C=O) groups excluding carboxylic acids is 1. The van der Waals surface area contributed by atoms with Crippen LogP contribution >= 0.6 is 0 Å². The fourth-order valence-corrected chi connectivity index (χ4v) is 2.64. The summed E-state index contributed by atoms with van der Waals surface area (Å²) in [6.45, 7) is 1.44. The summed E-state index contributed by atoms with van der Waals surface area (Å²) in [5.74, 6) is 1.01. The van der Waals surface area contributed by atoms with Gasteiger partial charge < -0.3 is 20.1 Å². The van der Waals surface area contributed by atoms with Crippen molar-refractivity contribution in [2.45, 2.75) is 6.54 Å². The standard InChI is InChI=1S/C20H17FN4O3/c21-15-3-1-13(2-4-15)10-22-20-23-11-14(12-24-20)19(26)25-16-5-6-17-18(9-16)28-8-7-27-17/h1-6,9,11-12H,7-8,10H2,(H,25,26)(H,22,23,24). The third-order valence-corrected chi connectivity index (χ3v) is 4.08. The number of amides is 1. The van der Waals surface area contributed by atoms with E-state index in [0.717, 1.165) is 5.56 Å². The molecule has 4 rings (SSSR count). The highest BCUT2D eigenvalue weighted by molar-refractivity contribution is 6.04. The quantitative estimate of drug-likeness (QED) is 0.707. The molecule has 0 fully saturated rings. The van der Waals surface area contributed by atoms with E-state index in [-0.39, 0.29) is 11.7 Å². The van der Waals surface area contributed by atoms with Gasteiger partial charge in [0.15, 0.2) is 11.5 Å². The maximum Gasteiger partial charge on any atom is 0.258 e. The van der Waals surface area contributed by atoms with E-state index in [2.05, 4.69) is 20.6 Å². The Bertz CT molecular complexity index is 978. The number of hydrogen-bond donors (Lipinski definition) is 2. The number of hydrogen-bond acceptors (Lipinski definition) is 6. The Hall–Kier alpha value is -3.68. The molecule has 0 aliphatic carbocycles. The average molecular weight is 380 g/mol. The Morgan fingerprint density at radius 2 is 1.71 bits per heavy atom. The molecule has 0 saturated carbocycles. The summed E-state index contributed by atoms with van der Waals surface area (Å²) in [6.07, 6.45) is 2.88. The molecule has 1 aliphatic rings. The van der Waals surface area contributed by atoms with Gasteiger partial charge in [0.1, 0.15) is 19.0 Å². The highest BCUT2D eigenvalue weighted by Gasteiger charge is 2.14.